The first-order valence-electron chi connectivity index (χ1n) is 8.26. The first kappa shape index (κ1) is 14.9. The van der Waals surface area contributed by atoms with Crippen LogP contribution in [0.4, 0.5) is 0 Å². The molecule has 3 unspecified atom stereocenters. The van der Waals surface area contributed by atoms with Crippen molar-refractivity contribution in [3.63, 3.8) is 0 Å². The van der Waals surface area contributed by atoms with Gasteiger partial charge in [0.15, 0.2) is 0 Å². The van der Waals surface area contributed by atoms with Crippen molar-refractivity contribution < 1.29 is 4.74 Å². The van der Waals surface area contributed by atoms with Gasteiger partial charge in [-0.1, -0.05) is 31.5 Å². The van der Waals surface area contributed by atoms with E-state index in [-0.39, 0.29) is 0 Å². The summed E-state index contributed by atoms with van der Waals surface area (Å²) in [5.74, 6) is 1.78. The van der Waals surface area contributed by atoms with E-state index in [0.717, 1.165) is 31.8 Å². The van der Waals surface area contributed by atoms with Gasteiger partial charge in [0.25, 0.3) is 0 Å². The average molecular weight is 288 g/mol. The van der Waals surface area contributed by atoms with Gasteiger partial charge in [0, 0.05) is 38.1 Å². The molecule has 0 amide bonds. The Labute approximate surface area is 128 Å². The molecule has 2 aliphatic heterocycles. The third kappa shape index (κ3) is 3.24. The fraction of sp³-hybridized carbons (Fsp3) is 0.667. The molecule has 116 valence electrons. The Hall–Kier alpha value is -1.06. The second kappa shape index (κ2) is 5.98. The van der Waals surface area contributed by atoms with E-state index in [0.29, 0.717) is 24.1 Å². The van der Waals surface area contributed by atoms with Crippen molar-refractivity contribution in [2.75, 3.05) is 19.6 Å². The molecule has 0 bridgehead atoms. The third-order valence-corrected chi connectivity index (χ3v) is 4.93. The molecule has 0 aliphatic carbocycles. The van der Waals surface area contributed by atoms with Gasteiger partial charge in [-0.15, -0.1) is 0 Å². The highest BCUT2D eigenvalue weighted by atomic mass is 16.5. The summed E-state index contributed by atoms with van der Waals surface area (Å²) >= 11 is 0. The quantitative estimate of drug-likeness (QED) is 0.925. The average Bonchev–Trinajstić information content (AvgIpc) is 2.82. The van der Waals surface area contributed by atoms with Crippen LogP contribution in [0.15, 0.2) is 18.2 Å². The molecular weight excluding hydrogens is 260 g/mol. The molecule has 1 saturated heterocycles. The molecule has 3 nitrogen and oxygen atoms in total. The van der Waals surface area contributed by atoms with Crippen LogP contribution in [0.25, 0.3) is 0 Å². The summed E-state index contributed by atoms with van der Waals surface area (Å²) in [6.45, 7) is 12.3. The van der Waals surface area contributed by atoms with Gasteiger partial charge in [-0.2, -0.15) is 0 Å². The minimum absolute atomic E-state index is 0.315. The Morgan fingerprint density at radius 2 is 2.19 bits per heavy atom. The van der Waals surface area contributed by atoms with Crippen LogP contribution in [0.1, 0.15) is 31.9 Å². The number of fused-ring (bicyclic) bond motifs is 1. The Morgan fingerprint density at radius 1 is 1.38 bits per heavy atom. The topological polar surface area (TPSA) is 24.5 Å². The van der Waals surface area contributed by atoms with Gasteiger partial charge in [-0.3, -0.25) is 4.90 Å². The summed E-state index contributed by atoms with van der Waals surface area (Å²) in [5, 5.41) is 3.67. The van der Waals surface area contributed by atoms with Crippen LogP contribution in [-0.2, 0) is 6.42 Å². The van der Waals surface area contributed by atoms with Gasteiger partial charge < -0.3 is 10.1 Å². The number of hydrogen-bond donors (Lipinski definition) is 1. The van der Waals surface area contributed by atoms with Crippen LogP contribution >= 0.6 is 0 Å². The number of rotatable bonds is 3. The smallest absolute Gasteiger partial charge is 0.123 e. The number of benzene rings is 1. The first-order chi connectivity index (χ1) is 10.0. The number of hydrogen-bond acceptors (Lipinski definition) is 3. The van der Waals surface area contributed by atoms with Gasteiger partial charge >= 0.3 is 0 Å². The minimum Gasteiger partial charge on any atom is -0.488 e. The molecule has 1 N–H and O–H groups in total. The molecule has 0 aromatic heterocycles. The van der Waals surface area contributed by atoms with Crippen LogP contribution in [0, 0.1) is 12.8 Å². The van der Waals surface area contributed by atoms with Crippen molar-refractivity contribution >= 4 is 0 Å². The normalized spacial score (nSPS) is 29.5. The maximum atomic E-state index is 6.15. The lowest BCUT2D eigenvalue weighted by atomic mass is 9.99. The summed E-state index contributed by atoms with van der Waals surface area (Å²) in [6, 6.07) is 7.74. The maximum absolute atomic E-state index is 6.15. The van der Waals surface area contributed by atoms with E-state index in [1.54, 1.807) is 0 Å². The molecule has 1 aromatic rings. The predicted octanol–water partition coefficient (Wildman–Crippen LogP) is 2.62. The molecular formula is C18H28N2O. The lowest BCUT2D eigenvalue weighted by Gasteiger charge is -2.41. The molecule has 1 fully saturated rings. The van der Waals surface area contributed by atoms with Crippen molar-refractivity contribution in [1.82, 2.24) is 10.2 Å². The van der Waals surface area contributed by atoms with Crippen LogP contribution in [0.3, 0.4) is 0 Å². The van der Waals surface area contributed by atoms with Crippen LogP contribution in [-0.4, -0.2) is 42.7 Å². The van der Waals surface area contributed by atoms with E-state index in [1.807, 2.05) is 0 Å². The number of nitrogens with zero attached hydrogens (tertiary/aromatic N) is 1. The zero-order valence-electron chi connectivity index (χ0n) is 13.7. The Bertz CT molecular complexity index is 500. The second-order valence-corrected chi connectivity index (χ2v) is 7.12. The third-order valence-electron chi connectivity index (χ3n) is 4.93. The van der Waals surface area contributed by atoms with E-state index in [1.165, 1.54) is 11.1 Å². The van der Waals surface area contributed by atoms with Crippen LogP contribution in [0.5, 0.6) is 5.75 Å². The molecule has 2 aliphatic rings. The van der Waals surface area contributed by atoms with Crippen LogP contribution in [0.2, 0.25) is 0 Å². The van der Waals surface area contributed by atoms with E-state index < -0.39 is 0 Å². The SMILES string of the molecule is Cc1ccc2c(c1)CC(CN1CC(C(C)C)NCC1C)O2. The summed E-state index contributed by atoms with van der Waals surface area (Å²) < 4.78 is 6.15. The Morgan fingerprint density at radius 3 is 2.95 bits per heavy atom. The molecule has 3 rings (SSSR count). The summed E-state index contributed by atoms with van der Waals surface area (Å²) in [5.41, 5.74) is 2.71. The van der Waals surface area contributed by atoms with Crippen LogP contribution < -0.4 is 10.1 Å². The Kier molecular flexibility index (Phi) is 4.23. The summed E-state index contributed by atoms with van der Waals surface area (Å²) in [4.78, 5) is 2.60. The molecule has 21 heavy (non-hydrogen) atoms. The zero-order valence-corrected chi connectivity index (χ0v) is 13.7. The lowest BCUT2D eigenvalue weighted by Crippen LogP contribution is -2.58. The molecule has 0 saturated carbocycles. The molecule has 3 atom stereocenters. The monoisotopic (exact) mass is 288 g/mol. The Balaban J connectivity index is 1.62. The highest BCUT2D eigenvalue weighted by Crippen LogP contribution is 2.30. The van der Waals surface area contributed by atoms with E-state index >= 15 is 0 Å². The molecule has 0 radical (unpaired) electrons. The van der Waals surface area contributed by atoms with E-state index in [9.17, 15) is 0 Å². The van der Waals surface area contributed by atoms with E-state index in [2.05, 4.69) is 56.1 Å². The summed E-state index contributed by atoms with van der Waals surface area (Å²) in [7, 11) is 0. The van der Waals surface area contributed by atoms with Crippen molar-refractivity contribution in [3.8, 4) is 5.75 Å². The largest absolute Gasteiger partial charge is 0.488 e. The lowest BCUT2D eigenvalue weighted by molar-refractivity contribution is 0.0777. The predicted molar refractivity (Wildman–Crippen MR) is 87.0 cm³/mol. The van der Waals surface area contributed by atoms with Crippen molar-refractivity contribution in [1.29, 1.82) is 0 Å². The fourth-order valence-corrected chi connectivity index (χ4v) is 3.46. The van der Waals surface area contributed by atoms with Gasteiger partial charge in [0.05, 0.1) is 0 Å². The van der Waals surface area contributed by atoms with Crippen molar-refractivity contribution in [2.45, 2.75) is 52.3 Å². The maximum Gasteiger partial charge on any atom is 0.123 e. The fourth-order valence-electron chi connectivity index (χ4n) is 3.46. The second-order valence-electron chi connectivity index (χ2n) is 7.12. The van der Waals surface area contributed by atoms with Crippen molar-refractivity contribution in [3.05, 3.63) is 29.3 Å². The number of ether oxygens (including phenoxy) is 1. The van der Waals surface area contributed by atoms with Gasteiger partial charge in [-0.25, -0.2) is 0 Å². The van der Waals surface area contributed by atoms with Gasteiger partial charge in [0.1, 0.15) is 11.9 Å². The highest BCUT2D eigenvalue weighted by Gasteiger charge is 2.31. The molecule has 3 heteroatoms. The summed E-state index contributed by atoms with van der Waals surface area (Å²) in [6.07, 6.45) is 1.37. The van der Waals surface area contributed by atoms with Gasteiger partial charge in [-0.05, 0) is 31.4 Å². The number of aryl methyl sites for hydroxylation is 1. The molecule has 0 spiro atoms. The number of nitrogens with one attached hydrogen (secondary N) is 1. The molecule has 2 heterocycles. The highest BCUT2D eigenvalue weighted by molar-refractivity contribution is 5.40. The first-order valence-corrected chi connectivity index (χ1v) is 8.26. The molecule has 1 aromatic carbocycles. The minimum atomic E-state index is 0.315. The van der Waals surface area contributed by atoms with Crippen molar-refractivity contribution in [2.24, 2.45) is 5.92 Å². The zero-order chi connectivity index (χ0) is 15.0. The number of piperazine rings is 1. The van der Waals surface area contributed by atoms with Gasteiger partial charge in [0.2, 0.25) is 0 Å². The standard InChI is InChI=1S/C18H28N2O/c1-12(2)17-11-20(14(4)9-19-17)10-16-8-15-7-13(3)5-6-18(15)21-16/h5-7,12,14,16-17,19H,8-11H2,1-4H3. The van der Waals surface area contributed by atoms with E-state index in [4.69, 9.17) is 4.74 Å².